The lowest BCUT2D eigenvalue weighted by Crippen LogP contribution is -2.28. The molecule has 0 fully saturated rings. The van der Waals surface area contributed by atoms with Crippen molar-refractivity contribution in [2.45, 2.75) is 39.0 Å². The molecule has 0 spiro atoms. The van der Waals surface area contributed by atoms with Gasteiger partial charge in [-0.2, -0.15) is 0 Å². The smallest absolute Gasteiger partial charge is 0.514 e. The van der Waals surface area contributed by atoms with E-state index in [9.17, 15) is 0 Å². The summed E-state index contributed by atoms with van der Waals surface area (Å²) >= 11 is 0. The van der Waals surface area contributed by atoms with Gasteiger partial charge in [0.2, 0.25) is 0 Å². The minimum absolute atomic E-state index is 0.751. The van der Waals surface area contributed by atoms with Crippen molar-refractivity contribution in [1.29, 1.82) is 0 Å². The van der Waals surface area contributed by atoms with Gasteiger partial charge in [0, 0.05) is 28.7 Å². The average molecular weight is 557 g/mol. The van der Waals surface area contributed by atoms with Gasteiger partial charge >= 0.3 is 7.12 Å². The van der Waals surface area contributed by atoms with Crippen molar-refractivity contribution in [1.82, 2.24) is 0 Å². The van der Waals surface area contributed by atoms with Crippen LogP contribution in [0.15, 0.2) is 121 Å². The highest BCUT2D eigenvalue weighted by Gasteiger charge is 2.34. The van der Waals surface area contributed by atoms with Gasteiger partial charge in [0.15, 0.2) is 0 Å². The van der Waals surface area contributed by atoms with E-state index in [-0.39, 0.29) is 0 Å². The Bertz CT molecular complexity index is 1840. The van der Waals surface area contributed by atoms with Gasteiger partial charge in [-0.1, -0.05) is 141 Å². The van der Waals surface area contributed by atoms with E-state index in [1.54, 1.807) is 0 Å². The minimum atomic E-state index is -0.751. The molecule has 0 radical (unpaired) electrons. The van der Waals surface area contributed by atoms with Gasteiger partial charge in [-0.15, -0.1) is 5.92 Å². The SMILES string of the molecule is CCCCCCC#CB1Oc2c(-c3ccccc3)cc3ccccc3c2-c2c(c(-c3ccccc3)cc3ccccc23)O1. The molecule has 208 valence electrons. The van der Waals surface area contributed by atoms with E-state index in [2.05, 4.69) is 140 Å². The second-order valence-electron chi connectivity index (χ2n) is 11.1. The first-order valence-corrected chi connectivity index (χ1v) is 15.4. The molecule has 1 aliphatic rings. The number of unbranched alkanes of at least 4 members (excludes halogenated alkanes) is 4. The number of hydrogen-bond donors (Lipinski definition) is 0. The molecular formula is C40H33BO2. The summed E-state index contributed by atoms with van der Waals surface area (Å²) in [6.07, 6.45) is 5.55. The highest BCUT2D eigenvalue weighted by Crippen LogP contribution is 2.53. The van der Waals surface area contributed by atoms with Crippen LogP contribution in [0.4, 0.5) is 0 Å². The molecule has 0 unspecified atom stereocenters. The largest absolute Gasteiger partial charge is 0.690 e. The number of fused-ring (bicyclic) bond motifs is 7. The standard InChI is InChI=1S/C40H33BO2/c1-2-3-4-5-6-17-26-41-42-39-35(29-18-9-7-10-19-29)27-31-22-13-15-24-33(31)37(39)38-34-25-16-14-23-32(34)28-36(40(38)43-41)30-20-11-8-12-21-30/h7-16,18-25,27-28H,2-6H2,1H3. The Morgan fingerprint density at radius 2 is 1.05 bits per heavy atom. The molecular weight excluding hydrogens is 523 g/mol. The molecule has 3 heteroatoms. The zero-order chi connectivity index (χ0) is 29.0. The molecule has 1 aliphatic heterocycles. The fourth-order valence-corrected chi connectivity index (χ4v) is 6.16. The summed E-state index contributed by atoms with van der Waals surface area (Å²) in [5.41, 5.74) is 6.37. The van der Waals surface area contributed by atoms with Crippen molar-refractivity contribution < 1.29 is 9.31 Å². The van der Waals surface area contributed by atoms with Gasteiger partial charge in [-0.3, -0.25) is 0 Å². The maximum Gasteiger partial charge on any atom is 0.690 e. The first-order valence-electron chi connectivity index (χ1n) is 15.4. The quantitative estimate of drug-likeness (QED) is 0.115. The van der Waals surface area contributed by atoms with E-state index in [1.165, 1.54) is 19.3 Å². The normalized spacial score (nSPS) is 12.0. The molecule has 0 atom stereocenters. The van der Waals surface area contributed by atoms with Crippen LogP contribution in [0.2, 0.25) is 0 Å². The fourth-order valence-electron chi connectivity index (χ4n) is 6.16. The summed E-state index contributed by atoms with van der Waals surface area (Å²) in [5, 5.41) is 4.57. The summed E-state index contributed by atoms with van der Waals surface area (Å²) in [6.45, 7) is 2.23. The van der Waals surface area contributed by atoms with Crippen LogP contribution in [0.1, 0.15) is 39.0 Å². The monoisotopic (exact) mass is 556 g/mol. The summed E-state index contributed by atoms with van der Waals surface area (Å²) in [5.74, 6) is 8.39. The van der Waals surface area contributed by atoms with Crippen LogP contribution in [0.3, 0.4) is 0 Å². The molecule has 6 aromatic carbocycles. The third-order valence-corrected chi connectivity index (χ3v) is 8.25. The Morgan fingerprint density at radius 1 is 0.558 bits per heavy atom. The van der Waals surface area contributed by atoms with Gasteiger partial charge < -0.3 is 9.31 Å². The number of hydrogen-bond acceptors (Lipinski definition) is 2. The second kappa shape index (κ2) is 12.1. The maximum absolute atomic E-state index is 6.90. The molecule has 0 N–H and O–H groups in total. The minimum Gasteiger partial charge on any atom is -0.514 e. The van der Waals surface area contributed by atoms with E-state index >= 15 is 0 Å². The highest BCUT2D eigenvalue weighted by atomic mass is 16.6. The van der Waals surface area contributed by atoms with E-state index in [0.29, 0.717) is 0 Å². The molecule has 0 aromatic heterocycles. The summed E-state index contributed by atoms with van der Waals surface area (Å²) in [6, 6.07) is 42.7. The first kappa shape index (κ1) is 26.9. The van der Waals surface area contributed by atoms with Crippen LogP contribution in [0, 0.1) is 11.7 Å². The van der Waals surface area contributed by atoms with E-state index in [4.69, 9.17) is 9.31 Å². The van der Waals surface area contributed by atoms with Crippen LogP contribution in [-0.2, 0) is 0 Å². The molecule has 0 saturated carbocycles. The second-order valence-corrected chi connectivity index (χ2v) is 11.1. The summed E-state index contributed by atoms with van der Waals surface area (Å²) in [4.78, 5) is 0. The van der Waals surface area contributed by atoms with Crippen molar-refractivity contribution in [3.05, 3.63) is 121 Å². The van der Waals surface area contributed by atoms with Gasteiger partial charge in [-0.05, 0) is 51.2 Å². The molecule has 0 bridgehead atoms. The van der Waals surface area contributed by atoms with E-state index in [1.807, 2.05) is 0 Å². The molecule has 0 saturated heterocycles. The highest BCUT2D eigenvalue weighted by molar-refractivity contribution is 6.57. The predicted octanol–water partition coefficient (Wildman–Crippen LogP) is 10.8. The van der Waals surface area contributed by atoms with Crippen LogP contribution in [0.5, 0.6) is 11.5 Å². The fraction of sp³-hybridized carbons (Fsp3) is 0.150. The number of rotatable bonds is 6. The third kappa shape index (κ3) is 5.26. The lowest BCUT2D eigenvalue weighted by molar-refractivity contribution is 0.451. The van der Waals surface area contributed by atoms with Crippen LogP contribution < -0.4 is 9.31 Å². The first-order chi connectivity index (χ1) is 21.3. The van der Waals surface area contributed by atoms with Crippen molar-refractivity contribution in [3.63, 3.8) is 0 Å². The van der Waals surface area contributed by atoms with Crippen molar-refractivity contribution >= 4 is 28.7 Å². The van der Waals surface area contributed by atoms with Crippen LogP contribution in [0.25, 0.3) is 54.9 Å². The van der Waals surface area contributed by atoms with Gasteiger partial charge in [0.05, 0.1) is 0 Å². The summed E-state index contributed by atoms with van der Waals surface area (Å²) < 4.78 is 13.8. The molecule has 0 aliphatic carbocycles. The third-order valence-electron chi connectivity index (χ3n) is 8.25. The topological polar surface area (TPSA) is 18.5 Å². The van der Waals surface area contributed by atoms with Crippen LogP contribution >= 0.6 is 0 Å². The van der Waals surface area contributed by atoms with Gasteiger partial charge in [-0.25, -0.2) is 0 Å². The number of benzene rings is 6. The molecule has 43 heavy (non-hydrogen) atoms. The van der Waals surface area contributed by atoms with Gasteiger partial charge in [0.25, 0.3) is 0 Å². The van der Waals surface area contributed by atoms with E-state index in [0.717, 1.165) is 79.3 Å². The zero-order valence-corrected chi connectivity index (χ0v) is 24.5. The lowest BCUT2D eigenvalue weighted by atomic mass is 9.86. The lowest BCUT2D eigenvalue weighted by Gasteiger charge is -2.19. The van der Waals surface area contributed by atoms with Crippen molar-refractivity contribution in [3.8, 4) is 56.6 Å². The maximum atomic E-state index is 6.90. The molecule has 2 nitrogen and oxygen atoms in total. The molecule has 1 heterocycles. The van der Waals surface area contributed by atoms with Crippen molar-refractivity contribution in [2.24, 2.45) is 0 Å². The molecule has 6 aromatic rings. The summed E-state index contributed by atoms with van der Waals surface area (Å²) in [7, 11) is -0.751. The molecule has 0 amide bonds. The van der Waals surface area contributed by atoms with Crippen molar-refractivity contribution in [2.75, 3.05) is 0 Å². The van der Waals surface area contributed by atoms with E-state index < -0.39 is 7.12 Å². The van der Waals surface area contributed by atoms with Crippen LogP contribution in [-0.4, -0.2) is 7.12 Å². The Hall–Kier alpha value is -4.94. The Labute approximate surface area is 254 Å². The predicted molar refractivity (Wildman–Crippen MR) is 181 cm³/mol. The average Bonchev–Trinajstić information content (AvgIpc) is 3.24. The Balaban J connectivity index is 1.55. The Kier molecular flexibility index (Phi) is 7.59. The van der Waals surface area contributed by atoms with Gasteiger partial charge in [0.1, 0.15) is 11.5 Å². The Morgan fingerprint density at radius 3 is 1.56 bits per heavy atom. The molecule has 7 rings (SSSR count). The zero-order valence-electron chi connectivity index (χ0n) is 24.5.